The van der Waals surface area contributed by atoms with E-state index in [1.165, 1.54) is 4.31 Å². The zero-order chi connectivity index (χ0) is 17.0. The van der Waals surface area contributed by atoms with Crippen molar-refractivity contribution >= 4 is 28.3 Å². The van der Waals surface area contributed by atoms with Crippen LogP contribution in [0.15, 0.2) is 4.90 Å². The normalized spacial score (nSPS) is 18.9. The van der Waals surface area contributed by atoms with Gasteiger partial charge in [0.25, 0.3) is 0 Å². The fraction of sp³-hybridized carbons (Fsp3) is 0.714. The summed E-state index contributed by atoms with van der Waals surface area (Å²) in [5, 5.41) is 9.49. The first kappa shape index (κ1) is 20.9. The lowest BCUT2D eigenvalue weighted by molar-refractivity contribution is -0.121. The molecular weight excluding hydrogens is 354 g/mol. The first-order chi connectivity index (χ1) is 10.9. The van der Waals surface area contributed by atoms with Crippen LogP contribution in [0, 0.1) is 13.8 Å². The van der Waals surface area contributed by atoms with E-state index < -0.39 is 10.0 Å². The molecule has 1 atom stereocenters. The third-order valence-corrected chi connectivity index (χ3v) is 6.32. The highest BCUT2D eigenvalue weighted by Gasteiger charge is 2.36. The second-order valence-electron chi connectivity index (χ2n) is 5.87. The molecule has 2 rings (SSSR count). The molecular formula is C14H26ClN5O3S. The van der Waals surface area contributed by atoms with Crippen molar-refractivity contribution in [3.8, 4) is 0 Å². The summed E-state index contributed by atoms with van der Waals surface area (Å²) in [5.74, 6) is -0.147. The molecule has 1 aliphatic heterocycles. The van der Waals surface area contributed by atoms with Gasteiger partial charge in [-0.3, -0.25) is 9.89 Å². The molecule has 1 unspecified atom stereocenters. The molecule has 0 saturated carbocycles. The summed E-state index contributed by atoms with van der Waals surface area (Å²) in [7, 11) is -3.63. The Labute approximate surface area is 149 Å². The maximum Gasteiger partial charge on any atom is 0.247 e. The summed E-state index contributed by atoms with van der Waals surface area (Å²) in [6, 6.07) is -0.232. The first-order valence-electron chi connectivity index (χ1n) is 7.88. The van der Waals surface area contributed by atoms with Crippen molar-refractivity contribution in [1.82, 2.24) is 19.8 Å². The van der Waals surface area contributed by atoms with Gasteiger partial charge in [0.05, 0.1) is 11.4 Å². The summed E-state index contributed by atoms with van der Waals surface area (Å²) in [6.45, 7) is 4.44. The zero-order valence-corrected chi connectivity index (χ0v) is 15.7. The van der Waals surface area contributed by atoms with Crippen LogP contribution in [-0.4, -0.2) is 54.5 Å². The van der Waals surface area contributed by atoms with Crippen LogP contribution in [0.4, 0.5) is 0 Å². The number of aromatic amines is 1. The monoisotopic (exact) mass is 379 g/mol. The van der Waals surface area contributed by atoms with E-state index in [2.05, 4.69) is 15.5 Å². The van der Waals surface area contributed by atoms with E-state index in [0.29, 0.717) is 24.5 Å². The van der Waals surface area contributed by atoms with Gasteiger partial charge in [-0.2, -0.15) is 9.40 Å². The Hall–Kier alpha value is -1.16. The molecule has 1 aromatic heterocycles. The lowest BCUT2D eigenvalue weighted by Crippen LogP contribution is -2.49. The van der Waals surface area contributed by atoms with Crippen molar-refractivity contribution in [2.45, 2.75) is 50.5 Å². The number of halogens is 1. The minimum absolute atomic E-state index is 0. The number of sulfonamides is 1. The number of amides is 1. The van der Waals surface area contributed by atoms with Gasteiger partial charge in [0.2, 0.25) is 15.9 Å². The highest BCUT2D eigenvalue weighted by Crippen LogP contribution is 2.27. The number of H-pyrrole nitrogens is 1. The standard InChI is InChI=1S/C14H25N5O3S.ClH/c1-10-14(11(2)18-17-10)23(21,22)19-8-4-3-5-12(19)9-16-13(20)6-7-15;/h12H,3-9,15H2,1-2H3,(H,16,20)(H,17,18);1H. The summed E-state index contributed by atoms with van der Waals surface area (Å²) < 4.78 is 27.5. The Bertz CT molecular complexity index is 642. The quantitative estimate of drug-likeness (QED) is 0.662. The highest BCUT2D eigenvalue weighted by molar-refractivity contribution is 7.89. The number of carbonyl (C=O) groups excluding carboxylic acids is 1. The minimum Gasteiger partial charge on any atom is -0.354 e. The van der Waals surface area contributed by atoms with Crippen LogP contribution < -0.4 is 11.1 Å². The van der Waals surface area contributed by atoms with Crippen LogP contribution in [0.5, 0.6) is 0 Å². The van der Waals surface area contributed by atoms with Crippen LogP contribution in [-0.2, 0) is 14.8 Å². The van der Waals surface area contributed by atoms with Gasteiger partial charge in [0.15, 0.2) is 0 Å². The molecule has 8 nitrogen and oxygen atoms in total. The lowest BCUT2D eigenvalue weighted by atomic mass is 10.1. The molecule has 1 amide bonds. The van der Waals surface area contributed by atoms with Gasteiger partial charge in [-0.25, -0.2) is 8.42 Å². The van der Waals surface area contributed by atoms with Crippen LogP contribution in [0.2, 0.25) is 0 Å². The van der Waals surface area contributed by atoms with Crippen molar-refractivity contribution in [1.29, 1.82) is 0 Å². The largest absolute Gasteiger partial charge is 0.354 e. The van der Waals surface area contributed by atoms with E-state index in [1.54, 1.807) is 13.8 Å². The van der Waals surface area contributed by atoms with Gasteiger partial charge in [-0.1, -0.05) is 6.42 Å². The third kappa shape index (κ3) is 4.47. The van der Waals surface area contributed by atoms with E-state index in [1.807, 2.05) is 0 Å². The van der Waals surface area contributed by atoms with Crippen LogP contribution >= 0.6 is 12.4 Å². The second-order valence-corrected chi connectivity index (χ2v) is 7.70. The molecule has 0 bridgehead atoms. The number of piperidine rings is 1. The van der Waals surface area contributed by atoms with Crippen molar-refractivity contribution < 1.29 is 13.2 Å². The Morgan fingerprint density at radius 3 is 2.71 bits per heavy atom. The summed E-state index contributed by atoms with van der Waals surface area (Å²) in [5.41, 5.74) is 6.37. The second kappa shape index (κ2) is 8.80. The topological polar surface area (TPSA) is 121 Å². The Kier molecular flexibility index (Phi) is 7.65. The molecule has 138 valence electrons. The molecule has 0 aromatic carbocycles. The highest BCUT2D eigenvalue weighted by atomic mass is 35.5. The number of carbonyl (C=O) groups is 1. The Morgan fingerprint density at radius 2 is 2.12 bits per heavy atom. The van der Waals surface area contributed by atoms with E-state index >= 15 is 0 Å². The van der Waals surface area contributed by atoms with Crippen LogP contribution in [0.25, 0.3) is 0 Å². The fourth-order valence-corrected chi connectivity index (χ4v) is 5.01. The minimum atomic E-state index is -3.63. The average molecular weight is 380 g/mol. The molecule has 1 saturated heterocycles. The molecule has 1 fully saturated rings. The smallest absolute Gasteiger partial charge is 0.247 e. The van der Waals surface area contributed by atoms with Gasteiger partial charge in [-0.15, -0.1) is 12.4 Å². The van der Waals surface area contributed by atoms with Crippen molar-refractivity contribution in [3.63, 3.8) is 0 Å². The number of hydrogen-bond acceptors (Lipinski definition) is 5. The van der Waals surface area contributed by atoms with Gasteiger partial charge in [0.1, 0.15) is 4.90 Å². The molecule has 10 heteroatoms. The van der Waals surface area contributed by atoms with Crippen LogP contribution in [0.1, 0.15) is 37.1 Å². The Balaban J connectivity index is 0.00000288. The third-order valence-electron chi connectivity index (χ3n) is 4.11. The zero-order valence-electron chi connectivity index (χ0n) is 14.0. The molecule has 0 spiro atoms. The maximum absolute atomic E-state index is 13.0. The predicted octanol–water partition coefficient (Wildman–Crippen LogP) is 0.457. The summed E-state index contributed by atoms with van der Waals surface area (Å²) >= 11 is 0. The fourth-order valence-electron chi connectivity index (χ4n) is 2.98. The van der Waals surface area contributed by atoms with Gasteiger partial charge < -0.3 is 11.1 Å². The van der Waals surface area contributed by atoms with Crippen molar-refractivity contribution in [2.24, 2.45) is 5.73 Å². The molecule has 0 aliphatic carbocycles. The van der Waals surface area contributed by atoms with Gasteiger partial charge in [0, 0.05) is 32.1 Å². The van der Waals surface area contributed by atoms with E-state index in [-0.39, 0.29) is 42.2 Å². The maximum atomic E-state index is 13.0. The molecule has 0 radical (unpaired) electrons. The van der Waals surface area contributed by atoms with Gasteiger partial charge in [-0.05, 0) is 26.7 Å². The van der Waals surface area contributed by atoms with Crippen molar-refractivity contribution in [3.05, 3.63) is 11.4 Å². The number of nitrogens with one attached hydrogen (secondary N) is 2. The van der Waals surface area contributed by atoms with E-state index in [0.717, 1.165) is 19.3 Å². The molecule has 2 heterocycles. The lowest BCUT2D eigenvalue weighted by Gasteiger charge is -2.34. The van der Waals surface area contributed by atoms with Gasteiger partial charge >= 0.3 is 0 Å². The van der Waals surface area contributed by atoms with Crippen LogP contribution in [0.3, 0.4) is 0 Å². The Morgan fingerprint density at radius 1 is 1.42 bits per heavy atom. The molecule has 1 aromatic rings. The number of nitrogens with two attached hydrogens (primary N) is 1. The first-order valence-corrected chi connectivity index (χ1v) is 9.32. The van der Waals surface area contributed by atoms with E-state index in [9.17, 15) is 13.2 Å². The molecule has 4 N–H and O–H groups in total. The summed E-state index contributed by atoms with van der Waals surface area (Å²) in [6.07, 6.45) is 2.76. The molecule has 24 heavy (non-hydrogen) atoms. The summed E-state index contributed by atoms with van der Waals surface area (Å²) in [4.78, 5) is 11.9. The molecule has 1 aliphatic rings. The average Bonchev–Trinajstić information content (AvgIpc) is 2.85. The number of aryl methyl sites for hydroxylation is 2. The van der Waals surface area contributed by atoms with Crippen molar-refractivity contribution in [2.75, 3.05) is 19.6 Å². The number of aromatic nitrogens is 2. The number of nitrogens with zero attached hydrogens (tertiary/aromatic N) is 2. The number of hydrogen-bond donors (Lipinski definition) is 3. The number of rotatable bonds is 6. The van der Waals surface area contributed by atoms with E-state index in [4.69, 9.17) is 5.73 Å². The SMILES string of the molecule is Cc1n[nH]c(C)c1S(=O)(=O)N1CCCCC1CNC(=O)CCN.Cl. The predicted molar refractivity (Wildman–Crippen MR) is 93.5 cm³/mol.